The van der Waals surface area contributed by atoms with Crippen LogP contribution < -0.4 is 4.74 Å². The van der Waals surface area contributed by atoms with Crippen molar-refractivity contribution in [2.24, 2.45) is 0 Å². The summed E-state index contributed by atoms with van der Waals surface area (Å²) in [7, 11) is 1.60. The minimum atomic E-state index is -1.20. The van der Waals surface area contributed by atoms with Gasteiger partial charge in [0.15, 0.2) is 0 Å². The lowest BCUT2D eigenvalue weighted by molar-refractivity contribution is 0.216. The maximum Gasteiger partial charge on any atom is 0.149 e. The summed E-state index contributed by atoms with van der Waals surface area (Å²) in [5.41, 5.74) is 1.86. The van der Waals surface area contributed by atoms with E-state index in [0.717, 1.165) is 11.3 Å². The van der Waals surface area contributed by atoms with Crippen molar-refractivity contribution in [3.8, 4) is 5.75 Å². The number of hydrogen-bond donors (Lipinski definition) is 1. The van der Waals surface area contributed by atoms with Crippen LogP contribution in [0.25, 0.3) is 10.9 Å². The topological polar surface area (TPSA) is 47.3 Å². The minimum Gasteiger partial charge on any atom is -0.497 e. The average molecular weight is 431 g/mol. The van der Waals surface area contributed by atoms with Crippen LogP contribution in [0.4, 0.5) is 4.39 Å². The van der Waals surface area contributed by atoms with E-state index in [2.05, 4.69) is 5.10 Å². The molecule has 29 heavy (non-hydrogen) atoms. The third-order valence-corrected chi connectivity index (χ3v) is 5.43. The van der Waals surface area contributed by atoms with Crippen molar-refractivity contribution in [2.75, 3.05) is 7.11 Å². The molecular weight excluding hydrogens is 414 g/mol. The summed E-state index contributed by atoms with van der Waals surface area (Å²) in [5.74, 6) is 0.307. The van der Waals surface area contributed by atoms with Crippen molar-refractivity contribution in [1.82, 2.24) is 9.78 Å². The molecule has 1 unspecified atom stereocenters. The first kappa shape index (κ1) is 19.7. The number of fused-ring (bicyclic) bond motifs is 1. The Morgan fingerprint density at radius 2 is 1.69 bits per heavy atom. The summed E-state index contributed by atoms with van der Waals surface area (Å²) in [6, 6.07) is 17.1. The highest BCUT2D eigenvalue weighted by Gasteiger charge is 2.25. The number of aromatic nitrogens is 2. The molecule has 0 spiro atoms. The number of rotatable bonds is 5. The molecule has 3 aromatic carbocycles. The van der Waals surface area contributed by atoms with E-state index in [9.17, 15) is 9.50 Å². The highest BCUT2D eigenvalue weighted by molar-refractivity contribution is 6.36. The van der Waals surface area contributed by atoms with E-state index < -0.39 is 11.9 Å². The average Bonchev–Trinajstić information content (AvgIpc) is 3.08. The Morgan fingerprint density at radius 3 is 2.34 bits per heavy atom. The van der Waals surface area contributed by atoms with Crippen molar-refractivity contribution >= 4 is 34.1 Å². The van der Waals surface area contributed by atoms with Gasteiger partial charge in [0.05, 0.1) is 13.7 Å². The van der Waals surface area contributed by atoms with Gasteiger partial charge in [-0.2, -0.15) is 5.10 Å². The van der Waals surface area contributed by atoms with Gasteiger partial charge in [0.1, 0.15) is 28.9 Å². The molecule has 1 heterocycles. The first-order valence-corrected chi connectivity index (χ1v) is 9.65. The lowest BCUT2D eigenvalue weighted by Crippen LogP contribution is -2.06. The smallest absolute Gasteiger partial charge is 0.149 e. The molecule has 1 N–H and O–H groups in total. The molecule has 1 atom stereocenters. The van der Waals surface area contributed by atoms with Crippen LogP contribution in [-0.4, -0.2) is 22.0 Å². The minimum absolute atomic E-state index is 0.294. The summed E-state index contributed by atoms with van der Waals surface area (Å²) in [5, 5.41) is 16.7. The van der Waals surface area contributed by atoms with Gasteiger partial charge in [-0.1, -0.05) is 53.5 Å². The van der Waals surface area contributed by atoms with Crippen LogP contribution in [0.3, 0.4) is 0 Å². The first-order chi connectivity index (χ1) is 14.0. The Morgan fingerprint density at radius 1 is 1.03 bits per heavy atom. The fourth-order valence-corrected chi connectivity index (χ4v) is 3.95. The van der Waals surface area contributed by atoms with Gasteiger partial charge in [0.2, 0.25) is 0 Å². The SMILES string of the molecule is COc1ccc(Cn2nc(C(O)c3c(Cl)cccc3Cl)c3cccc(F)c32)cc1. The lowest BCUT2D eigenvalue weighted by atomic mass is 10.0. The zero-order valence-corrected chi connectivity index (χ0v) is 17.0. The third kappa shape index (κ3) is 3.69. The number of methoxy groups -OCH3 is 1. The zero-order valence-electron chi connectivity index (χ0n) is 15.4. The molecule has 0 amide bonds. The quantitative estimate of drug-likeness (QED) is 0.446. The van der Waals surface area contributed by atoms with Gasteiger partial charge in [-0.3, -0.25) is 4.68 Å². The fraction of sp³-hybridized carbons (Fsp3) is 0.136. The monoisotopic (exact) mass is 430 g/mol. The predicted molar refractivity (Wildman–Crippen MR) is 112 cm³/mol. The third-order valence-electron chi connectivity index (χ3n) is 4.77. The maximum absolute atomic E-state index is 14.7. The van der Waals surface area contributed by atoms with Crippen LogP contribution in [0.15, 0.2) is 60.7 Å². The number of aliphatic hydroxyl groups excluding tert-OH is 1. The summed E-state index contributed by atoms with van der Waals surface area (Å²) >= 11 is 12.5. The molecule has 148 valence electrons. The van der Waals surface area contributed by atoms with Crippen molar-refractivity contribution < 1.29 is 14.2 Å². The molecule has 0 saturated carbocycles. The van der Waals surface area contributed by atoms with E-state index >= 15 is 0 Å². The van der Waals surface area contributed by atoms with Gasteiger partial charge in [-0.25, -0.2) is 4.39 Å². The molecule has 0 bridgehead atoms. The van der Waals surface area contributed by atoms with Gasteiger partial charge in [0, 0.05) is 21.0 Å². The largest absolute Gasteiger partial charge is 0.497 e. The van der Waals surface area contributed by atoms with Crippen molar-refractivity contribution in [2.45, 2.75) is 12.6 Å². The van der Waals surface area contributed by atoms with Gasteiger partial charge in [-0.15, -0.1) is 0 Å². The number of nitrogens with zero attached hydrogens (tertiary/aromatic N) is 2. The maximum atomic E-state index is 14.7. The summed E-state index contributed by atoms with van der Waals surface area (Å²) < 4.78 is 21.4. The van der Waals surface area contributed by atoms with Crippen LogP contribution in [-0.2, 0) is 6.54 Å². The highest BCUT2D eigenvalue weighted by Crippen LogP contribution is 2.36. The number of hydrogen-bond acceptors (Lipinski definition) is 3. The molecule has 0 aliphatic rings. The normalized spacial score (nSPS) is 12.3. The molecule has 4 aromatic rings. The fourth-order valence-electron chi connectivity index (χ4n) is 3.35. The van der Waals surface area contributed by atoms with E-state index in [1.165, 1.54) is 10.7 Å². The number of benzene rings is 3. The van der Waals surface area contributed by atoms with Crippen LogP contribution in [0, 0.1) is 5.82 Å². The lowest BCUT2D eigenvalue weighted by Gasteiger charge is -2.13. The summed E-state index contributed by atoms with van der Waals surface area (Å²) in [4.78, 5) is 0. The van der Waals surface area contributed by atoms with E-state index in [1.54, 1.807) is 37.4 Å². The molecule has 0 fully saturated rings. The Kier molecular flexibility index (Phi) is 5.46. The molecule has 0 saturated heterocycles. The number of aliphatic hydroxyl groups is 1. The highest BCUT2D eigenvalue weighted by atomic mass is 35.5. The second-order valence-corrected chi connectivity index (χ2v) is 7.38. The van der Waals surface area contributed by atoms with Crippen LogP contribution >= 0.6 is 23.2 Å². The molecule has 0 radical (unpaired) electrons. The molecule has 4 rings (SSSR count). The van der Waals surface area contributed by atoms with Gasteiger partial charge < -0.3 is 9.84 Å². The van der Waals surface area contributed by atoms with Crippen LogP contribution in [0.1, 0.15) is 22.9 Å². The molecule has 7 heteroatoms. The molecular formula is C22H17Cl2FN2O2. The van der Waals surface area contributed by atoms with Crippen molar-refractivity contribution in [3.63, 3.8) is 0 Å². The second-order valence-electron chi connectivity index (χ2n) is 6.56. The Hall–Kier alpha value is -2.60. The standard InChI is InChI=1S/C22H17Cl2FN2O2/c1-29-14-10-8-13(9-11-14)12-27-21-15(4-2-7-18(21)25)20(26-27)22(28)19-16(23)5-3-6-17(19)24/h2-11,22,28H,12H2,1H3. The molecule has 4 nitrogen and oxygen atoms in total. The van der Waals surface area contributed by atoms with Gasteiger partial charge in [0.25, 0.3) is 0 Å². The predicted octanol–water partition coefficient (Wildman–Crippen LogP) is 5.62. The summed E-state index contributed by atoms with van der Waals surface area (Å²) in [6.45, 7) is 0.324. The van der Waals surface area contributed by atoms with Crippen molar-refractivity contribution in [1.29, 1.82) is 0 Å². The van der Waals surface area contributed by atoms with E-state index in [1.807, 2.05) is 24.3 Å². The Balaban J connectivity index is 1.82. The molecule has 1 aromatic heterocycles. The van der Waals surface area contributed by atoms with Crippen molar-refractivity contribution in [3.05, 3.63) is 93.3 Å². The van der Waals surface area contributed by atoms with Crippen LogP contribution in [0.2, 0.25) is 10.0 Å². The van der Waals surface area contributed by atoms with E-state index in [0.29, 0.717) is 38.8 Å². The van der Waals surface area contributed by atoms with Gasteiger partial charge in [-0.05, 0) is 35.9 Å². The van der Waals surface area contributed by atoms with E-state index in [4.69, 9.17) is 27.9 Å². The second kappa shape index (κ2) is 8.03. The summed E-state index contributed by atoms with van der Waals surface area (Å²) in [6.07, 6.45) is -1.20. The van der Waals surface area contributed by atoms with E-state index in [-0.39, 0.29) is 0 Å². The Bertz CT molecular complexity index is 1160. The number of halogens is 3. The van der Waals surface area contributed by atoms with Crippen LogP contribution in [0.5, 0.6) is 5.75 Å². The first-order valence-electron chi connectivity index (χ1n) is 8.89. The number of ether oxygens (including phenoxy) is 1. The zero-order chi connectivity index (χ0) is 20.5. The molecule has 0 aliphatic carbocycles. The number of para-hydroxylation sites is 1. The van der Waals surface area contributed by atoms with Gasteiger partial charge >= 0.3 is 0 Å². The Labute approximate surface area is 177 Å². The molecule has 0 aliphatic heterocycles.